The van der Waals surface area contributed by atoms with E-state index < -0.39 is 16.6 Å². The Morgan fingerprint density at radius 2 is 1.83 bits per heavy atom. The first-order chi connectivity index (χ1) is 13.9. The first kappa shape index (κ1) is 20.2. The van der Waals surface area contributed by atoms with Crippen molar-refractivity contribution in [3.05, 3.63) is 69.5 Å². The molecule has 1 saturated heterocycles. The number of non-ortho nitro benzene ring substituents is 1. The average molecular weight is 400 g/mol. The van der Waals surface area contributed by atoms with Gasteiger partial charge in [-0.25, -0.2) is 4.39 Å². The monoisotopic (exact) mass is 400 g/mol. The van der Waals surface area contributed by atoms with Crippen LogP contribution in [-0.2, 0) is 0 Å². The van der Waals surface area contributed by atoms with Crippen LogP contribution in [0.4, 0.5) is 15.8 Å². The van der Waals surface area contributed by atoms with Gasteiger partial charge in [-0.05, 0) is 31.0 Å². The molecule has 0 atom stereocenters. The van der Waals surface area contributed by atoms with Crippen LogP contribution in [-0.4, -0.2) is 47.8 Å². The number of anilines is 1. The summed E-state index contributed by atoms with van der Waals surface area (Å²) >= 11 is 0. The summed E-state index contributed by atoms with van der Waals surface area (Å²) in [5.74, 6) is -1.31. The molecule has 152 valence electrons. The lowest BCUT2D eigenvalue weighted by Gasteiger charge is -2.33. The van der Waals surface area contributed by atoms with Crippen LogP contribution in [0.25, 0.3) is 0 Å². The largest absolute Gasteiger partial charge is 0.382 e. The molecule has 2 aromatic rings. The van der Waals surface area contributed by atoms with Crippen molar-refractivity contribution in [2.45, 2.75) is 18.9 Å². The van der Waals surface area contributed by atoms with Crippen molar-refractivity contribution in [1.29, 1.82) is 0 Å². The fraction of sp³-hybridized carbons (Fsp3) is 0.300. The minimum Gasteiger partial charge on any atom is -0.382 e. The van der Waals surface area contributed by atoms with E-state index in [2.05, 4.69) is 10.6 Å². The third kappa shape index (κ3) is 4.50. The smallest absolute Gasteiger partial charge is 0.270 e. The molecule has 0 bridgehead atoms. The number of nitro benzene ring substituents is 1. The second-order valence-corrected chi connectivity index (χ2v) is 6.76. The molecule has 29 heavy (non-hydrogen) atoms. The maximum atomic E-state index is 13.9. The minimum absolute atomic E-state index is 0.0236. The highest BCUT2D eigenvalue weighted by molar-refractivity contribution is 6.00. The Hall–Kier alpha value is -3.49. The lowest BCUT2D eigenvalue weighted by Crippen LogP contribution is -2.42. The van der Waals surface area contributed by atoms with Crippen molar-refractivity contribution in [2.24, 2.45) is 0 Å². The van der Waals surface area contributed by atoms with E-state index in [1.807, 2.05) is 0 Å². The van der Waals surface area contributed by atoms with Crippen LogP contribution in [0.15, 0.2) is 42.5 Å². The van der Waals surface area contributed by atoms with Gasteiger partial charge >= 0.3 is 0 Å². The Labute approximate surface area is 166 Å². The highest BCUT2D eigenvalue weighted by Gasteiger charge is 2.26. The molecule has 1 fully saturated rings. The Kier molecular flexibility index (Phi) is 6.06. The van der Waals surface area contributed by atoms with Gasteiger partial charge in [0.1, 0.15) is 5.82 Å². The van der Waals surface area contributed by atoms with Crippen LogP contribution < -0.4 is 10.6 Å². The first-order valence-corrected chi connectivity index (χ1v) is 9.21. The van der Waals surface area contributed by atoms with Crippen molar-refractivity contribution in [3.63, 3.8) is 0 Å². The van der Waals surface area contributed by atoms with Crippen molar-refractivity contribution < 1.29 is 18.9 Å². The zero-order valence-electron chi connectivity index (χ0n) is 15.9. The second-order valence-electron chi connectivity index (χ2n) is 6.76. The molecule has 0 unspecified atom stereocenters. The van der Waals surface area contributed by atoms with Crippen LogP contribution in [0, 0.1) is 15.9 Å². The van der Waals surface area contributed by atoms with Gasteiger partial charge in [0, 0.05) is 44.0 Å². The van der Waals surface area contributed by atoms with Gasteiger partial charge in [-0.3, -0.25) is 19.7 Å². The Morgan fingerprint density at radius 3 is 2.45 bits per heavy atom. The SMILES string of the molecule is CNC(=O)c1cc([N+](=O)[O-])ccc1NC1CCN(C(=O)c2ccccc2F)CC1. The zero-order chi connectivity index (χ0) is 21.0. The van der Waals surface area contributed by atoms with E-state index in [0.29, 0.717) is 31.6 Å². The molecule has 2 N–H and O–H groups in total. The summed E-state index contributed by atoms with van der Waals surface area (Å²) in [7, 11) is 1.46. The lowest BCUT2D eigenvalue weighted by atomic mass is 10.0. The highest BCUT2D eigenvalue weighted by atomic mass is 19.1. The first-order valence-electron chi connectivity index (χ1n) is 9.21. The number of carbonyl (C=O) groups is 2. The van der Waals surface area contributed by atoms with Crippen molar-refractivity contribution in [3.8, 4) is 0 Å². The highest BCUT2D eigenvalue weighted by Crippen LogP contribution is 2.25. The van der Waals surface area contributed by atoms with E-state index >= 15 is 0 Å². The topological polar surface area (TPSA) is 105 Å². The third-order valence-corrected chi connectivity index (χ3v) is 4.93. The lowest BCUT2D eigenvalue weighted by molar-refractivity contribution is -0.384. The number of halogens is 1. The van der Waals surface area contributed by atoms with Crippen molar-refractivity contribution in [2.75, 3.05) is 25.5 Å². The van der Waals surface area contributed by atoms with Gasteiger partial charge in [0.05, 0.1) is 16.1 Å². The number of piperidine rings is 1. The quantitative estimate of drug-likeness (QED) is 0.593. The summed E-state index contributed by atoms with van der Waals surface area (Å²) in [6.07, 6.45) is 1.20. The molecule has 1 heterocycles. The summed E-state index contributed by atoms with van der Waals surface area (Å²) in [5, 5.41) is 16.7. The fourth-order valence-corrected chi connectivity index (χ4v) is 3.35. The molecule has 0 saturated carbocycles. The number of hydrogen-bond acceptors (Lipinski definition) is 5. The van der Waals surface area contributed by atoms with Gasteiger partial charge in [0.2, 0.25) is 0 Å². The van der Waals surface area contributed by atoms with Crippen LogP contribution in [0.2, 0.25) is 0 Å². The summed E-state index contributed by atoms with van der Waals surface area (Å²) in [5.41, 5.74) is 0.566. The molecule has 0 spiro atoms. The molecule has 1 aliphatic rings. The zero-order valence-corrected chi connectivity index (χ0v) is 15.9. The van der Waals surface area contributed by atoms with Crippen molar-refractivity contribution >= 4 is 23.2 Å². The molecular weight excluding hydrogens is 379 g/mol. The number of carbonyl (C=O) groups excluding carboxylic acids is 2. The predicted molar refractivity (Wildman–Crippen MR) is 105 cm³/mol. The molecule has 2 aromatic carbocycles. The van der Waals surface area contributed by atoms with E-state index in [4.69, 9.17) is 0 Å². The standard InChI is InChI=1S/C20H21FN4O4/c1-22-19(26)16-12-14(25(28)29)6-7-18(16)23-13-8-10-24(11-9-13)20(27)15-4-2-3-5-17(15)21/h2-7,12-13,23H,8-11H2,1H3,(H,22,26). The van der Waals surface area contributed by atoms with Gasteiger partial charge in [-0.15, -0.1) is 0 Å². The number of nitrogens with zero attached hydrogens (tertiary/aromatic N) is 2. The molecule has 8 nitrogen and oxygen atoms in total. The molecule has 0 aliphatic carbocycles. The van der Waals surface area contributed by atoms with E-state index in [0.717, 1.165) is 0 Å². The normalized spacial score (nSPS) is 14.3. The number of nitrogens with one attached hydrogen (secondary N) is 2. The minimum atomic E-state index is -0.553. The molecule has 3 rings (SSSR count). The summed E-state index contributed by atoms with van der Waals surface area (Å²) in [6.45, 7) is 0.875. The maximum Gasteiger partial charge on any atom is 0.270 e. The van der Waals surface area contributed by atoms with Gasteiger partial charge in [0.15, 0.2) is 0 Å². The molecular formula is C20H21FN4O4. The van der Waals surface area contributed by atoms with Crippen molar-refractivity contribution in [1.82, 2.24) is 10.2 Å². The van der Waals surface area contributed by atoms with Crippen LogP contribution in [0.1, 0.15) is 33.6 Å². The predicted octanol–water partition coefficient (Wildman–Crippen LogP) is 2.81. The number of nitro groups is 1. The average Bonchev–Trinajstić information content (AvgIpc) is 2.73. The third-order valence-electron chi connectivity index (χ3n) is 4.93. The Morgan fingerprint density at radius 1 is 1.14 bits per heavy atom. The second kappa shape index (κ2) is 8.68. The Bertz CT molecular complexity index is 942. The van der Waals surface area contributed by atoms with E-state index in [-0.39, 0.29) is 28.8 Å². The fourth-order valence-electron chi connectivity index (χ4n) is 3.35. The summed E-state index contributed by atoms with van der Waals surface area (Å²) in [4.78, 5) is 36.7. The summed E-state index contributed by atoms with van der Waals surface area (Å²) in [6, 6.07) is 9.95. The van der Waals surface area contributed by atoms with Crippen LogP contribution >= 0.6 is 0 Å². The number of amides is 2. The molecule has 9 heteroatoms. The molecule has 0 aromatic heterocycles. The van der Waals surface area contributed by atoms with Gasteiger partial charge in [-0.1, -0.05) is 12.1 Å². The van der Waals surface area contributed by atoms with Crippen LogP contribution in [0.5, 0.6) is 0 Å². The van der Waals surface area contributed by atoms with Gasteiger partial charge in [-0.2, -0.15) is 0 Å². The number of hydrogen-bond donors (Lipinski definition) is 2. The maximum absolute atomic E-state index is 13.9. The van der Waals surface area contributed by atoms with Gasteiger partial charge in [0.25, 0.3) is 17.5 Å². The number of benzene rings is 2. The molecule has 2 amide bonds. The van der Waals surface area contributed by atoms with E-state index in [9.17, 15) is 24.1 Å². The van der Waals surface area contributed by atoms with Crippen LogP contribution in [0.3, 0.4) is 0 Å². The van der Waals surface area contributed by atoms with Gasteiger partial charge < -0.3 is 15.5 Å². The molecule has 0 radical (unpaired) electrons. The Balaban J connectivity index is 1.68. The molecule has 1 aliphatic heterocycles. The summed E-state index contributed by atoms with van der Waals surface area (Å²) < 4.78 is 13.9. The number of rotatable bonds is 5. The van der Waals surface area contributed by atoms with E-state index in [1.165, 1.54) is 43.4 Å². The number of likely N-dealkylation sites (tertiary alicyclic amines) is 1. The van der Waals surface area contributed by atoms with E-state index in [1.54, 1.807) is 11.0 Å².